The summed E-state index contributed by atoms with van der Waals surface area (Å²) >= 11 is 0. The SMILES string of the molecule is C=CCN(C(=O)C12CC3CC(CC(C3)C1)C2)C1CC(=O)N(c2ccc(OC)cc2)C1=O. The molecule has 4 saturated carbocycles. The summed E-state index contributed by atoms with van der Waals surface area (Å²) in [5, 5.41) is 0. The topological polar surface area (TPSA) is 66.9 Å². The maximum absolute atomic E-state index is 13.9. The first-order valence-electron chi connectivity index (χ1n) is 11.4. The molecule has 1 saturated heterocycles. The Balaban J connectivity index is 1.41. The van der Waals surface area contributed by atoms with E-state index in [1.54, 1.807) is 42.4 Å². The second-order valence-corrected chi connectivity index (χ2v) is 9.93. The summed E-state index contributed by atoms with van der Waals surface area (Å²) in [5.74, 6) is 2.04. The summed E-state index contributed by atoms with van der Waals surface area (Å²) in [6.07, 6.45) is 8.25. The van der Waals surface area contributed by atoms with E-state index in [0.717, 1.165) is 19.3 Å². The van der Waals surface area contributed by atoms with Gasteiger partial charge in [-0.05, 0) is 80.5 Å². The third-order valence-electron chi connectivity index (χ3n) is 7.91. The molecule has 31 heavy (non-hydrogen) atoms. The van der Waals surface area contributed by atoms with E-state index in [-0.39, 0.29) is 29.6 Å². The van der Waals surface area contributed by atoms with Crippen LogP contribution in [0, 0.1) is 23.2 Å². The fourth-order valence-electron chi connectivity index (χ4n) is 7.03. The van der Waals surface area contributed by atoms with Crippen LogP contribution in [0.5, 0.6) is 5.75 Å². The minimum atomic E-state index is -0.756. The predicted octanol–water partition coefficient (Wildman–Crippen LogP) is 3.56. The molecule has 164 valence electrons. The van der Waals surface area contributed by atoms with Crippen molar-refractivity contribution in [1.82, 2.24) is 4.90 Å². The van der Waals surface area contributed by atoms with Crippen molar-refractivity contribution in [2.45, 2.75) is 51.0 Å². The normalized spacial score (nSPS) is 33.6. The number of hydrogen-bond donors (Lipinski definition) is 0. The zero-order valence-electron chi connectivity index (χ0n) is 18.1. The predicted molar refractivity (Wildman–Crippen MR) is 116 cm³/mol. The van der Waals surface area contributed by atoms with Gasteiger partial charge in [-0.2, -0.15) is 0 Å². The van der Waals surface area contributed by atoms with Crippen molar-refractivity contribution in [3.05, 3.63) is 36.9 Å². The van der Waals surface area contributed by atoms with Crippen molar-refractivity contribution in [3.63, 3.8) is 0 Å². The summed E-state index contributed by atoms with van der Waals surface area (Å²) in [4.78, 5) is 43.0. The smallest absolute Gasteiger partial charge is 0.257 e. The Morgan fingerprint density at radius 3 is 2.23 bits per heavy atom. The van der Waals surface area contributed by atoms with Gasteiger partial charge in [0.25, 0.3) is 5.91 Å². The molecule has 4 aliphatic carbocycles. The molecular weight excluding hydrogens is 392 g/mol. The molecular formula is C25H30N2O4. The Hall–Kier alpha value is -2.63. The number of hydrogen-bond acceptors (Lipinski definition) is 4. The van der Waals surface area contributed by atoms with Gasteiger partial charge in [0.15, 0.2) is 0 Å². The molecule has 1 aromatic carbocycles. The van der Waals surface area contributed by atoms with Crippen molar-refractivity contribution in [2.24, 2.45) is 23.2 Å². The summed E-state index contributed by atoms with van der Waals surface area (Å²) in [5.41, 5.74) is 0.161. The summed E-state index contributed by atoms with van der Waals surface area (Å²) in [7, 11) is 1.57. The van der Waals surface area contributed by atoms with Crippen LogP contribution in [0.15, 0.2) is 36.9 Å². The van der Waals surface area contributed by atoms with E-state index in [4.69, 9.17) is 4.74 Å². The molecule has 1 aliphatic heterocycles. The third kappa shape index (κ3) is 3.27. The number of ether oxygens (including phenoxy) is 1. The molecule has 4 bridgehead atoms. The van der Waals surface area contributed by atoms with E-state index in [9.17, 15) is 14.4 Å². The highest BCUT2D eigenvalue weighted by atomic mass is 16.5. The lowest BCUT2D eigenvalue weighted by Gasteiger charge is -2.56. The molecule has 1 aromatic rings. The number of amides is 3. The van der Waals surface area contributed by atoms with E-state index in [1.807, 2.05) is 0 Å². The molecule has 6 heteroatoms. The van der Waals surface area contributed by atoms with Crippen LogP contribution in [0.25, 0.3) is 0 Å². The van der Waals surface area contributed by atoms with Crippen molar-refractivity contribution in [1.29, 1.82) is 0 Å². The van der Waals surface area contributed by atoms with Crippen LogP contribution in [-0.2, 0) is 14.4 Å². The summed E-state index contributed by atoms with van der Waals surface area (Å²) < 4.78 is 5.17. The lowest BCUT2D eigenvalue weighted by Crippen LogP contribution is -2.57. The van der Waals surface area contributed by atoms with Crippen LogP contribution in [0.2, 0.25) is 0 Å². The van der Waals surface area contributed by atoms with E-state index in [1.165, 1.54) is 24.2 Å². The zero-order valence-corrected chi connectivity index (χ0v) is 18.1. The van der Waals surface area contributed by atoms with Gasteiger partial charge in [-0.25, -0.2) is 4.90 Å². The number of carbonyl (C=O) groups excluding carboxylic acids is 3. The second-order valence-electron chi connectivity index (χ2n) is 9.93. The van der Waals surface area contributed by atoms with Crippen molar-refractivity contribution < 1.29 is 19.1 Å². The average Bonchev–Trinajstić information content (AvgIpc) is 3.04. The van der Waals surface area contributed by atoms with Gasteiger partial charge in [-0.3, -0.25) is 14.4 Å². The van der Waals surface area contributed by atoms with Gasteiger partial charge in [0.2, 0.25) is 11.8 Å². The maximum Gasteiger partial charge on any atom is 0.257 e. The highest BCUT2D eigenvalue weighted by molar-refractivity contribution is 6.23. The number of imide groups is 1. The van der Waals surface area contributed by atoms with Gasteiger partial charge in [0.1, 0.15) is 11.8 Å². The van der Waals surface area contributed by atoms with Gasteiger partial charge in [0.05, 0.1) is 24.6 Å². The Bertz CT molecular complexity index is 887. The third-order valence-corrected chi connectivity index (χ3v) is 7.91. The molecule has 0 aromatic heterocycles. The first-order valence-corrected chi connectivity index (χ1v) is 11.4. The number of benzene rings is 1. The van der Waals surface area contributed by atoms with Gasteiger partial charge in [-0.15, -0.1) is 6.58 Å². The van der Waals surface area contributed by atoms with Gasteiger partial charge >= 0.3 is 0 Å². The molecule has 1 unspecified atom stereocenters. The number of nitrogens with zero attached hydrogens (tertiary/aromatic N) is 2. The molecule has 1 atom stereocenters. The van der Waals surface area contributed by atoms with Gasteiger partial charge in [0, 0.05) is 6.54 Å². The number of rotatable bonds is 6. The molecule has 0 spiro atoms. The van der Waals surface area contributed by atoms with Crippen LogP contribution < -0.4 is 9.64 Å². The fourth-order valence-corrected chi connectivity index (χ4v) is 7.03. The van der Waals surface area contributed by atoms with E-state index < -0.39 is 6.04 Å². The number of carbonyl (C=O) groups is 3. The standard InChI is InChI=1S/C25H30N2O4/c1-3-8-26(24(30)25-13-16-9-17(14-25)11-18(10-16)15-25)21-12-22(28)27(23(21)29)19-4-6-20(31-2)7-5-19/h3-7,16-18,21H,1,8-15H2,2H3. The fraction of sp³-hybridized carbons (Fsp3) is 0.560. The van der Waals surface area contributed by atoms with Crippen LogP contribution >= 0.6 is 0 Å². The molecule has 0 radical (unpaired) electrons. The molecule has 6 nitrogen and oxygen atoms in total. The molecule has 5 fully saturated rings. The Morgan fingerprint density at radius 1 is 1.13 bits per heavy atom. The number of methoxy groups -OCH3 is 1. The lowest BCUT2D eigenvalue weighted by atomic mass is 9.49. The quantitative estimate of drug-likeness (QED) is 0.519. The molecule has 0 N–H and O–H groups in total. The van der Waals surface area contributed by atoms with Crippen molar-refractivity contribution in [3.8, 4) is 5.75 Å². The summed E-state index contributed by atoms with van der Waals surface area (Å²) in [6.45, 7) is 4.12. The van der Waals surface area contributed by atoms with Gasteiger partial charge in [-0.1, -0.05) is 6.08 Å². The molecule has 6 rings (SSSR count). The molecule has 1 heterocycles. The largest absolute Gasteiger partial charge is 0.497 e. The Morgan fingerprint density at radius 2 is 1.71 bits per heavy atom. The average molecular weight is 423 g/mol. The first kappa shape index (κ1) is 20.3. The van der Waals surface area contributed by atoms with E-state index in [0.29, 0.717) is 35.7 Å². The van der Waals surface area contributed by atoms with Gasteiger partial charge < -0.3 is 9.64 Å². The van der Waals surface area contributed by atoms with Crippen LogP contribution in [0.1, 0.15) is 44.9 Å². The first-order chi connectivity index (χ1) is 14.9. The second kappa shape index (κ2) is 7.50. The highest BCUT2D eigenvalue weighted by Gasteiger charge is 2.57. The van der Waals surface area contributed by atoms with Crippen LogP contribution in [0.3, 0.4) is 0 Å². The minimum absolute atomic E-state index is 0.0246. The summed E-state index contributed by atoms with van der Waals surface area (Å²) in [6, 6.07) is 6.11. The number of anilines is 1. The lowest BCUT2D eigenvalue weighted by molar-refractivity contribution is -0.160. The van der Waals surface area contributed by atoms with Crippen LogP contribution in [0.4, 0.5) is 5.69 Å². The maximum atomic E-state index is 13.9. The van der Waals surface area contributed by atoms with E-state index in [2.05, 4.69) is 6.58 Å². The zero-order chi connectivity index (χ0) is 21.8. The van der Waals surface area contributed by atoms with Crippen molar-refractivity contribution >= 4 is 23.4 Å². The monoisotopic (exact) mass is 422 g/mol. The van der Waals surface area contributed by atoms with E-state index >= 15 is 0 Å². The highest BCUT2D eigenvalue weighted by Crippen LogP contribution is 2.60. The molecule has 5 aliphatic rings. The van der Waals surface area contributed by atoms with Crippen LogP contribution in [-0.4, -0.2) is 42.3 Å². The Kier molecular flexibility index (Phi) is 4.91. The minimum Gasteiger partial charge on any atom is -0.497 e. The van der Waals surface area contributed by atoms with Crippen molar-refractivity contribution in [2.75, 3.05) is 18.6 Å². The Labute approximate surface area is 183 Å². The molecule has 3 amide bonds.